The molecular formula is C36H39N5O3. The molecule has 2 aromatic carbocycles. The number of aryl methyl sites for hydroxylation is 2. The predicted octanol–water partition coefficient (Wildman–Crippen LogP) is 5.76. The number of hydrogen-bond acceptors (Lipinski definition) is 7. The van der Waals surface area contributed by atoms with Gasteiger partial charge in [0.2, 0.25) is 0 Å². The Labute approximate surface area is 258 Å². The lowest BCUT2D eigenvalue weighted by Crippen LogP contribution is -2.50. The summed E-state index contributed by atoms with van der Waals surface area (Å²) in [7, 11) is 3.94. The topological polar surface area (TPSA) is 89.4 Å². The van der Waals surface area contributed by atoms with Crippen molar-refractivity contribution in [3.05, 3.63) is 95.5 Å². The van der Waals surface area contributed by atoms with E-state index in [4.69, 9.17) is 4.74 Å². The van der Waals surface area contributed by atoms with Crippen LogP contribution in [0.5, 0.6) is 5.75 Å². The Kier molecular flexibility index (Phi) is 8.19. The first kappa shape index (κ1) is 29.5. The van der Waals surface area contributed by atoms with Gasteiger partial charge in [0.05, 0.1) is 23.9 Å². The number of fused-ring (bicyclic) bond motifs is 1. The van der Waals surface area contributed by atoms with Gasteiger partial charge in [-0.15, -0.1) is 0 Å². The number of nitrogens with one attached hydrogen (secondary N) is 1. The normalized spacial score (nSPS) is 15.6. The van der Waals surface area contributed by atoms with Gasteiger partial charge < -0.3 is 15.0 Å². The Morgan fingerprint density at radius 3 is 2.61 bits per heavy atom. The van der Waals surface area contributed by atoms with E-state index in [1.807, 2.05) is 43.2 Å². The minimum Gasteiger partial charge on any atom is -0.486 e. The number of ether oxygens (including phenoxy) is 1. The highest BCUT2D eigenvalue weighted by molar-refractivity contribution is 6.01. The maximum Gasteiger partial charge on any atom is 0.170 e. The van der Waals surface area contributed by atoms with Gasteiger partial charge >= 0.3 is 0 Å². The van der Waals surface area contributed by atoms with E-state index >= 15 is 0 Å². The fourth-order valence-electron chi connectivity index (χ4n) is 6.57. The summed E-state index contributed by atoms with van der Waals surface area (Å²) >= 11 is 0. The van der Waals surface area contributed by atoms with Gasteiger partial charge in [-0.2, -0.15) is 5.10 Å². The number of Topliss-reactive ketones (excluding diaryl/α,β-unsaturated/α-hetero) is 1. The average molecular weight is 590 g/mol. The third-order valence-corrected chi connectivity index (χ3v) is 9.02. The first-order valence-corrected chi connectivity index (χ1v) is 15.3. The minimum atomic E-state index is -0.519. The number of piperidine rings is 1. The second-order valence-electron chi connectivity index (χ2n) is 11.9. The molecule has 1 fully saturated rings. The van der Waals surface area contributed by atoms with Crippen LogP contribution in [0, 0.1) is 0 Å². The van der Waals surface area contributed by atoms with Gasteiger partial charge in [0.1, 0.15) is 17.6 Å². The van der Waals surface area contributed by atoms with E-state index < -0.39 is 5.60 Å². The summed E-state index contributed by atoms with van der Waals surface area (Å²) in [5.74, 6) is 0.705. The molecule has 4 heterocycles. The highest BCUT2D eigenvalue weighted by atomic mass is 16.5. The van der Waals surface area contributed by atoms with Gasteiger partial charge in [0.25, 0.3) is 0 Å². The molecule has 1 spiro atoms. The van der Waals surface area contributed by atoms with Crippen LogP contribution >= 0.6 is 0 Å². The van der Waals surface area contributed by atoms with Crippen molar-refractivity contribution in [1.82, 2.24) is 25.0 Å². The van der Waals surface area contributed by atoms with Gasteiger partial charge in [-0.1, -0.05) is 13.5 Å². The second kappa shape index (κ2) is 12.2. The van der Waals surface area contributed by atoms with Crippen LogP contribution in [0.3, 0.4) is 0 Å². The third kappa shape index (κ3) is 5.69. The van der Waals surface area contributed by atoms with Crippen LogP contribution in [0.1, 0.15) is 63.6 Å². The molecule has 2 aromatic heterocycles. The van der Waals surface area contributed by atoms with Crippen LogP contribution in [0.25, 0.3) is 28.1 Å². The molecule has 2 aliphatic heterocycles. The first-order valence-electron chi connectivity index (χ1n) is 15.3. The van der Waals surface area contributed by atoms with E-state index in [0.717, 1.165) is 74.0 Å². The van der Waals surface area contributed by atoms with Crippen molar-refractivity contribution >= 4 is 17.8 Å². The molecule has 4 aromatic rings. The second-order valence-corrected chi connectivity index (χ2v) is 11.9. The number of pyridine rings is 1. The van der Waals surface area contributed by atoms with Crippen molar-refractivity contribution in [2.45, 2.75) is 44.6 Å². The monoisotopic (exact) mass is 589 g/mol. The molecule has 0 unspecified atom stereocenters. The number of rotatable bonds is 9. The average Bonchev–Trinajstić information content (AvgIpc) is 3.48. The zero-order valence-corrected chi connectivity index (χ0v) is 25.7. The maximum atomic E-state index is 13.4. The van der Waals surface area contributed by atoms with Crippen LogP contribution in [-0.2, 0) is 19.9 Å². The largest absolute Gasteiger partial charge is 0.486 e. The van der Waals surface area contributed by atoms with E-state index in [1.54, 1.807) is 18.3 Å². The number of nitrogens with zero attached hydrogens (tertiary/aromatic N) is 4. The highest BCUT2D eigenvalue weighted by Gasteiger charge is 2.43. The van der Waals surface area contributed by atoms with E-state index in [-0.39, 0.29) is 5.78 Å². The van der Waals surface area contributed by atoms with Gasteiger partial charge in [-0.25, -0.2) is 0 Å². The van der Waals surface area contributed by atoms with E-state index in [1.165, 1.54) is 16.7 Å². The van der Waals surface area contributed by atoms with Crippen molar-refractivity contribution in [2.24, 2.45) is 7.05 Å². The Hall–Kier alpha value is -4.56. The number of aldehydes is 1. The SMILES string of the molecule is C=C(c1cc(CC)c(-c2cnn(C)c2)c(CCNC)c1)N1CCC2(CC1)CC(=O)c1cc(-c3cc(C=O)ccn3)ccc1O2. The van der Waals surface area contributed by atoms with Gasteiger partial charge in [-0.05, 0) is 91.2 Å². The molecule has 1 N–H and O–H groups in total. The van der Waals surface area contributed by atoms with E-state index in [2.05, 4.69) is 52.1 Å². The summed E-state index contributed by atoms with van der Waals surface area (Å²) in [6.07, 6.45) is 10.1. The molecule has 226 valence electrons. The van der Waals surface area contributed by atoms with E-state index in [9.17, 15) is 9.59 Å². The molecule has 8 nitrogen and oxygen atoms in total. The first-order chi connectivity index (χ1) is 21.3. The van der Waals surface area contributed by atoms with Crippen molar-refractivity contribution in [3.63, 3.8) is 0 Å². The molecule has 1 saturated heterocycles. The van der Waals surface area contributed by atoms with Crippen LogP contribution in [-0.4, -0.2) is 64.0 Å². The number of ketones is 1. The molecular weight excluding hydrogens is 550 g/mol. The number of benzene rings is 2. The molecule has 0 bridgehead atoms. The lowest BCUT2D eigenvalue weighted by molar-refractivity contribution is 0.00212. The van der Waals surface area contributed by atoms with Crippen molar-refractivity contribution < 1.29 is 14.3 Å². The summed E-state index contributed by atoms with van der Waals surface area (Å²) in [5.41, 5.74) is 9.21. The molecule has 0 atom stereocenters. The quantitative estimate of drug-likeness (QED) is 0.249. The lowest BCUT2D eigenvalue weighted by atomic mass is 9.81. The van der Waals surface area contributed by atoms with Gasteiger partial charge in [-0.3, -0.25) is 19.3 Å². The Morgan fingerprint density at radius 1 is 1.11 bits per heavy atom. The third-order valence-electron chi connectivity index (χ3n) is 9.02. The molecule has 44 heavy (non-hydrogen) atoms. The number of aromatic nitrogens is 3. The fraction of sp³-hybridized carbons (Fsp3) is 0.333. The van der Waals surface area contributed by atoms with Gasteiger partial charge in [0.15, 0.2) is 5.78 Å². The molecule has 0 radical (unpaired) electrons. The lowest BCUT2D eigenvalue weighted by Gasteiger charge is -2.45. The van der Waals surface area contributed by atoms with Gasteiger partial charge in [0, 0.05) is 67.8 Å². The summed E-state index contributed by atoms with van der Waals surface area (Å²) < 4.78 is 8.45. The number of likely N-dealkylation sites (tertiary alicyclic amines) is 1. The molecule has 6 rings (SSSR count). The van der Waals surface area contributed by atoms with Crippen molar-refractivity contribution in [3.8, 4) is 28.1 Å². The smallest absolute Gasteiger partial charge is 0.170 e. The minimum absolute atomic E-state index is 0.0830. The predicted molar refractivity (Wildman–Crippen MR) is 173 cm³/mol. The number of likely N-dealkylation sites (N-methyl/N-ethyl adjacent to an activating group) is 1. The molecule has 2 aliphatic rings. The molecule has 8 heteroatoms. The van der Waals surface area contributed by atoms with Crippen molar-refractivity contribution in [1.29, 1.82) is 0 Å². The Balaban J connectivity index is 1.20. The number of carbonyl (C=O) groups is 2. The molecule has 0 aliphatic carbocycles. The van der Waals surface area contributed by atoms with E-state index in [0.29, 0.717) is 29.0 Å². The number of hydrogen-bond donors (Lipinski definition) is 1. The summed E-state index contributed by atoms with van der Waals surface area (Å²) in [6, 6.07) is 13.6. The fourth-order valence-corrected chi connectivity index (χ4v) is 6.57. The zero-order valence-electron chi connectivity index (χ0n) is 25.7. The van der Waals surface area contributed by atoms with Crippen LogP contribution in [0.15, 0.2) is 67.6 Å². The molecule has 0 saturated carbocycles. The summed E-state index contributed by atoms with van der Waals surface area (Å²) in [6.45, 7) is 9.16. The number of carbonyl (C=O) groups excluding carboxylic acids is 2. The highest BCUT2D eigenvalue weighted by Crippen LogP contribution is 2.42. The summed E-state index contributed by atoms with van der Waals surface area (Å²) in [4.78, 5) is 31.4. The molecule has 0 amide bonds. The Morgan fingerprint density at radius 2 is 1.91 bits per heavy atom. The van der Waals surface area contributed by atoms with Crippen LogP contribution < -0.4 is 10.1 Å². The maximum absolute atomic E-state index is 13.4. The van der Waals surface area contributed by atoms with Crippen LogP contribution in [0.2, 0.25) is 0 Å². The van der Waals surface area contributed by atoms with Crippen LogP contribution in [0.4, 0.5) is 0 Å². The van der Waals surface area contributed by atoms with Crippen molar-refractivity contribution in [2.75, 3.05) is 26.7 Å². The standard InChI is InChI=1S/C36H39N5O3/c1-5-26-17-29(18-28(9-12-37-3)35(26)30-21-39-40(4)22-30)24(2)41-14-10-36(11-15-41)20-33(43)31-19-27(6-7-34(31)44-36)32-16-25(23-42)8-13-38-32/h6-8,13,16-19,21-23,37H,2,5,9-12,14-15,20H2,1,3-4H3. The zero-order chi connectivity index (χ0) is 30.8. The summed E-state index contributed by atoms with van der Waals surface area (Å²) in [5, 5.41) is 7.73. The Bertz CT molecular complexity index is 1730.